The average Bonchev–Trinajstić information content (AvgIpc) is 3.45. The third kappa shape index (κ3) is 4.66. The molecule has 0 saturated carbocycles. The molecule has 33 heavy (non-hydrogen) atoms. The number of hydrogen-bond donors (Lipinski definition) is 0. The first-order valence-electron chi connectivity index (χ1n) is 9.30. The molecule has 2 aromatic carbocycles. The van der Waals surface area contributed by atoms with Gasteiger partial charge in [-0.05, 0) is 42.5 Å². The number of anilines is 1. The zero-order valence-electron chi connectivity index (χ0n) is 17.2. The smallest absolute Gasteiger partial charge is 0.324 e. The van der Waals surface area contributed by atoms with Crippen molar-refractivity contribution in [1.29, 1.82) is 0 Å². The molecule has 0 atom stereocenters. The zero-order valence-corrected chi connectivity index (χ0v) is 18.9. The molecule has 4 rings (SSSR count). The topological polar surface area (TPSA) is 107 Å². The number of hydrazone groups is 1. The molecule has 0 aliphatic rings. The molecular formula is C21H15FN4O5S2. The van der Waals surface area contributed by atoms with Crippen molar-refractivity contribution in [3.8, 4) is 11.5 Å². The summed E-state index contributed by atoms with van der Waals surface area (Å²) < 4.78 is 24.7. The second kappa shape index (κ2) is 9.30. The van der Waals surface area contributed by atoms with Crippen molar-refractivity contribution in [1.82, 2.24) is 4.98 Å². The number of ether oxygens (including phenoxy) is 2. The van der Waals surface area contributed by atoms with E-state index in [1.807, 2.05) is 0 Å². The Morgan fingerprint density at radius 2 is 1.91 bits per heavy atom. The van der Waals surface area contributed by atoms with Gasteiger partial charge < -0.3 is 9.47 Å². The molecule has 0 radical (unpaired) electrons. The lowest BCUT2D eigenvalue weighted by Crippen LogP contribution is -2.25. The maximum atomic E-state index is 13.7. The first-order valence-corrected chi connectivity index (χ1v) is 10.9. The number of nitrogens with zero attached hydrogens (tertiary/aromatic N) is 4. The van der Waals surface area contributed by atoms with E-state index in [-0.39, 0.29) is 15.7 Å². The summed E-state index contributed by atoms with van der Waals surface area (Å²) in [7, 11) is 2.93. The molecule has 168 valence electrons. The maximum absolute atomic E-state index is 13.7. The van der Waals surface area contributed by atoms with Gasteiger partial charge in [0.15, 0.2) is 11.5 Å². The van der Waals surface area contributed by atoms with Gasteiger partial charge in [-0.3, -0.25) is 14.9 Å². The lowest BCUT2D eigenvalue weighted by atomic mass is 10.2. The summed E-state index contributed by atoms with van der Waals surface area (Å²) in [4.78, 5) is 28.7. The molecule has 2 aromatic heterocycles. The molecule has 2 heterocycles. The number of carbonyl (C=O) groups excluding carboxylic acids is 1. The van der Waals surface area contributed by atoms with Crippen molar-refractivity contribution in [2.24, 2.45) is 5.10 Å². The number of hydrogen-bond acceptors (Lipinski definition) is 9. The molecule has 0 unspecified atom stereocenters. The first kappa shape index (κ1) is 22.3. The van der Waals surface area contributed by atoms with E-state index in [2.05, 4.69) is 10.1 Å². The van der Waals surface area contributed by atoms with Gasteiger partial charge in [0.2, 0.25) is 5.13 Å². The number of nitro groups is 1. The average molecular weight is 487 g/mol. The molecule has 12 heteroatoms. The molecule has 0 bridgehead atoms. The molecule has 9 nitrogen and oxygen atoms in total. The highest BCUT2D eigenvalue weighted by atomic mass is 32.1. The number of rotatable bonds is 7. The third-order valence-electron chi connectivity index (χ3n) is 4.44. The van der Waals surface area contributed by atoms with Gasteiger partial charge in [-0.1, -0.05) is 22.7 Å². The summed E-state index contributed by atoms with van der Waals surface area (Å²) >= 11 is 2.00. The molecule has 1 amide bonds. The van der Waals surface area contributed by atoms with Crippen molar-refractivity contribution < 1.29 is 23.6 Å². The number of aromatic nitrogens is 1. The van der Waals surface area contributed by atoms with Crippen LogP contribution < -0.4 is 14.5 Å². The van der Waals surface area contributed by atoms with Gasteiger partial charge in [0.1, 0.15) is 5.82 Å². The van der Waals surface area contributed by atoms with E-state index in [0.29, 0.717) is 26.6 Å². The minimum atomic E-state index is -0.530. The Kier molecular flexibility index (Phi) is 6.29. The molecule has 0 aliphatic carbocycles. The number of fused-ring (bicyclic) bond motifs is 1. The molecule has 0 fully saturated rings. The van der Waals surface area contributed by atoms with Gasteiger partial charge in [0, 0.05) is 11.6 Å². The van der Waals surface area contributed by atoms with E-state index in [4.69, 9.17) is 9.47 Å². The molecular weight excluding hydrogens is 471 g/mol. The van der Waals surface area contributed by atoms with E-state index in [0.717, 1.165) is 27.7 Å². The Morgan fingerprint density at radius 3 is 2.61 bits per heavy atom. The van der Waals surface area contributed by atoms with Crippen molar-refractivity contribution in [3.63, 3.8) is 0 Å². The van der Waals surface area contributed by atoms with Crippen LogP contribution in [0, 0.1) is 15.9 Å². The Bertz CT molecular complexity index is 1380. The van der Waals surface area contributed by atoms with Gasteiger partial charge in [-0.2, -0.15) is 10.1 Å². The third-order valence-corrected chi connectivity index (χ3v) is 6.40. The van der Waals surface area contributed by atoms with Gasteiger partial charge in [-0.15, -0.1) is 0 Å². The van der Waals surface area contributed by atoms with E-state index in [9.17, 15) is 19.3 Å². The fraction of sp³-hybridized carbons (Fsp3) is 0.0952. The normalized spacial score (nSPS) is 11.1. The summed E-state index contributed by atoms with van der Waals surface area (Å²) in [6.07, 6.45) is 1.34. The summed E-state index contributed by atoms with van der Waals surface area (Å²) in [5.74, 6) is -0.152. The zero-order chi connectivity index (χ0) is 23.5. The fourth-order valence-corrected chi connectivity index (χ4v) is 4.52. The minimum Gasteiger partial charge on any atom is -0.493 e. The first-order chi connectivity index (χ1) is 15.9. The van der Waals surface area contributed by atoms with Crippen LogP contribution in [0.2, 0.25) is 0 Å². The van der Waals surface area contributed by atoms with Crippen molar-refractivity contribution >= 4 is 55.1 Å². The maximum Gasteiger partial charge on any atom is 0.324 e. The fourth-order valence-electron chi connectivity index (χ4n) is 2.88. The Morgan fingerprint density at radius 1 is 1.12 bits per heavy atom. The van der Waals surface area contributed by atoms with Crippen LogP contribution in [0.25, 0.3) is 10.2 Å². The van der Waals surface area contributed by atoms with Crippen LogP contribution in [0.1, 0.15) is 15.2 Å². The Hall–Kier alpha value is -3.90. The number of thiophene rings is 1. The Labute approximate surface area is 194 Å². The lowest BCUT2D eigenvalue weighted by molar-refractivity contribution is -0.380. The van der Waals surface area contributed by atoms with Gasteiger partial charge in [-0.25, -0.2) is 9.37 Å². The number of benzene rings is 2. The standard InChI is InChI=1S/C21H15FN4O5S2/c1-30-16-7-3-12(9-17(16)31-2)20(27)25(23-11-14-5-8-19(32-14)26(28)29)21-24-15-6-4-13(22)10-18(15)33-21/h3-11H,1-2H3/b23-11+. The van der Waals surface area contributed by atoms with Gasteiger partial charge in [0.05, 0.1) is 40.5 Å². The number of halogens is 1. The summed E-state index contributed by atoms with van der Waals surface area (Å²) in [6, 6.07) is 11.6. The van der Waals surface area contributed by atoms with Crippen LogP contribution in [0.3, 0.4) is 0 Å². The van der Waals surface area contributed by atoms with Gasteiger partial charge in [0.25, 0.3) is 5.91 Å². The van der Waals surface area contributed by atoms with E-state index in [1.54, 1.807) is 12.1 Å². The van der Waals surface area contributed by atoms with E-state index in [1.165, 1.54) is 56.8 Å². The monoisotopic (exact) mass is 486 g/mol. The van der Waals surface area contributed by atoms with Crippen molar-refractivity contribution in [2.75, 3.05) is 19.2 Å². The summed E-state index contributed by atoms with van der Waals surface area (Å²) in [5.41, 5.74) is 0.746. The lowest BCUT2D eigenvalue weighted by Gasteiger charge is -2.15. The number of carbonyl (C=O) groups is 1. The quantitative estimate of drug-likeness (QED) is 0.204. The number of thiazole rings is 1. The summed E-state index contributed by atoms with van der Waals surface area (Å²) in [5, 5.41) is 16.4. The second-order valence-corrected chi connectivity index (χ2v) is 8.58. The SMILES string of the molecule is COc1ccc(C(=O)N(/N=C/c2ccc([N+](=O)[O-])s2)c2nc3ccc(F)cc3s2)cc1OC. The molecule has 0 spiro atoms. The summed E-state index contributed by atoms with van der Waals surface area (Å²) in [6.45, 7) is 0. The highest BCUT2D eigenvalue weighted by Crippen LogP contribution is 2.33. The molecule has 0 aliphatic heterocycles. The van der Waals surface area contributed by atoms with Crippen LogP contribution in [0.5, 0.6) is 11.5 Å². The van der Waals surface area contributed by atoms with Crippen molar-refractivity contribution in [3.05, 3.63) is 74.9 Å². The van der Waals surface area contributed by atoms with Crippen LogP contribution in [0.4, 0.5) is 14.5 Å². The number of amides is 1. The highest BCUT2D eigenvalue weighted by Gasteiger charge is 2.23. The van der Waals surface area contributed by atoms with Crippen molar-refractivity contribution in [2.45, 2.75) is 0 Å². The van der Waals surface area contributed by atoms with Gasteiger partial charge >= 0.3 is 5.00 Å². The highest BCUT2D eigenvalue weighted by molar-refractivity contribution is 7.22. The van der Waals surface area contributed by atoms with Crippen LogP contribution in [0.15, 0.2) is 53.6 Å². The minimum absolute atomic E-state index is 0.0512. The van der Waals surface area contributed by atoms with Crippen LogP contribution >= 0.6 is 22.7 Å². The molecule has 0 saturated heterocycles. The predicted octanol–water partition coefficient (Wildman–Crippen LogP) is 5.10. The predicted molar refractivity (Wildman–Crippen MR) is 125 cm³/mol. The van der Waals surface area contributed by atoms with E-state index >= 15 is 0 Å². The van der Waals surface area contributed by atoms with Crippen LogP contribution in [-0.2, 0) is 0 Å². The van der Waals surface area contributed by atoms with E-state index < -0.39 is 16.6 Å². The Balaban J connectivity index is 1.76. The second-order valence-electron chi connectivity index (χ2n) is 6.47. The number of methoxy groups -OCH3 is 2. The molecule has 0 N–H and O–H groups in total. The molecule has 4 aromatic rings. The largest absolute Gasteiger partial charge is 0.493 e. The van der Waals surface area contributed by atoms with Crippen LogP contribution in [-0.4, -0.2) is 36.2 Å².